The molecule has 0 saturated heterocycles. The highest BCUT2D eigenvalue weighted by Gasteiger charge is 2.15. The summed E-state index contributed by atoms with van der Waals surface area (Å²) in [5.41, 5.74) is 4.29. The molecule has 0 aliphatic carbocycles. The van der Waals surface area contributed by atoms with Gasteiger partial charge in [-0.05, 0) is 24.6 Å². The number of carbonyl (C=O) groups is 1. The molecule has 0 atom stereocenters. The van der Waals surface area contributed by atoms with E-state index in [-0.39, 0.29) is 6.61 Å². The molecule has 0 aliphatic rings. The van der Waals surface area contributed by atoms with Crippen molar-refractivity contribution in [3.8, 4) is 5.69 Å². The van der Waals surface area contributed by atoms with Crippen LogP contribution < -0.4 is 0 Å². The average Bonchev–Trinajstić information content (AvgIpc) is 3.03. The molecule has 0 N–H and O–H groups in total. The molecule has 0 saturated carbocycles. The van der Waals surface area contributed by atoms with Crippen LogP contribution in [0.4, 0.5) is 0 Å². The fourth-order valence-corrected chi connectivity index (χ4v) is 2.57. The van der Waals surface area contributed by atoms with Gasteiger partial charge in [0.05, 0.1) is 17.7 Å². The van der Waals surface area contributed by atoms with E-state index in [4.69, 9.17) is 4.74 Å². The van der Waals surface area contributed by atoms with Gasteiger partial charge in [-0.1, -0.05) is 55.1 Å². The Morgan fingerprint density at radius 2 is 1.72 bits per heavy atom. The molecule has 0 spiro atoms. The summed E-state index contributed by atoms with van der Waals surface area (Å²) in [6.07, 6.45) is 2.46. The summed E-state index contributed by atoms with van der Waals surface area (Å²) in [4.78, 5) is 16.4. The predicted octanol–water partition coefficient (Wildman–Crippen LogP) is 4.08. The van der Waals surface area contributed by atoms with Gasteiger partial charge in [0.25, 0.3) is 0 Å². The van der Waals surface area contributed by atoms with Crippen molar-refractivity contribution in [2.45, 2.75) is 20.0 Å². The van der Waals surface area contributed by atoms with Gasteiger partial charge in [0.2, 0.25) is 0 Å². The van der Waals surface area contributed by atoms with Crippen LogP contribution in [-0.2, 0) is 22.6 Å². The molecule has 0 amide bonds. The molecule has 4 heteroatoms. The van der Waals surface area contributed by atoms with Crippen molar-refractivity contribution in [1.82, 2.24) is 9.55 Å². The van der Waals surface area contributed by atoms with Gasteiger partial charge in [-0.25, -0.2) is 9.78 Å². The van der Waals surface area contributed by atoms with Gasteiger partial charge in [-0.2, -0.15) is 0 Å². The summed E-state index contributed by atoms with van der Waals surface area (Å²) in [5.74, 6) is -0.397. The number of rotatable bonds is 6. The minimum absolute atomic E-state index is 0.156. The van der Waals surface area contributed by atoms with Crippen molar-refractivity contribution < 1.29 is 9.53 Å². The van der Waals surface area contributed by atoms with Gasteiger partial charge in [0, 0.05) is 17.7 Å². The first-order valence-electron chi connectivity index (χ1n) is 8.12. The van der Waals surface area contributed by atoms with Gasteiger partial charge in [-0.3, -0.25) is 4.57 Å². The average molecular weight is 332 g/mol. The van der Waals surface area contributed by atoms with Crippen LogP contribution in [0.15, 0.2) is 79.1 Å². The Bertz CT molecular complexity index is 867. The summed E-state index contributed by atoms with van der Waals surface area (Å²) in [5, 5.41) is 0. The van der Waals surface area contributed by atoms with Gasteiger partial charge in [0.1, 0.15) is 6.61 Å². The second kappa shape index (κ2) is 7.62. The Hall–Kier alpha value is -3.14. The van der Waals surface area contributed by atoms with E-state index in [1.54, 1.807) is 13.3 Å². The van der Waals surface area contributed by atoms with E-state index < -0.39 is 5.97 Å². The molecular formula is C21H20N2O2. The lowest BCUT2D eigenvalue weighted by Crippen LogP contribution is -2.10. The van der Waals surface area contributed by atoms with Crippen molar-refractivity contribution in [1.29, 1.82) is 0 Å². The second-order valence-corrected chi connectivity index (χ2v) is 5.86. The number of carbonyl (C=O) groups excluding carboxylic acids is 1. The van der Waals surface area contributed by atoms with Crippen molar-refractivity contribution in [2.75, 3.05) is 0 Å². The third kappa shape index (κ3) is 4.04. The van der Waals surface area contributed by atoms with E-state index in [1.807, 2.05) is 53.1 Å². The Labute approximate surface area is 147 Å². The number of esters is 1. The largest absolute Gasteiger partial charge is 0.456 e. The van der Waals surface area contributed by atoms with E-state index in [0.717, 1.165) is 22.6 Å². The molecule has 0 aliphatic heterocycles. The Morgan fingerprint density at radius 1 is 1.08 bits per heavy atom. The molecule has 2 aromatic carbocycles. The standard InChI is InChI=1S/C21H20N2O2/c1-16(2)21(24)25-14-20-19(13-17-9-5-3-6-10-17)22-15-23(20)18-11-7-4-8-12-18/h3-12,15H,1,13-14H2,2H3. The highest BCUT2D eigenvalue weighted by molar-refractivity contribution is 5.86. The lowest BCUT2D eigenvalue weighted by molar-refractivity contribution is -0.140. The number of nitrogens with zero attached hydrogens (tertiary/aromatic N) is 2. The summed E-state index contributed by atoms with van der Waals surface area (Å²) < 4.78 is 7.35. The Morgan fingerprint density at radius 3 is 2.36 bits per heavy atom. The topological polar surface area (TPSA) is 44.1 Å². The summed E-state index contributed by atoms with van der Waals surface area (Å²) >= 11 is 0. The predicted molar refractivity (Wildman–Crippen MR) is 97.4 cm³/mol. The lowest BCUT2D eigenvalue weighted by atomic mass is 10.1. The zero-order chi connectivity index (χ0) is 17.6. The highest BCUT2D eigenvalue weighted by atomic mass is 16.5. The van der Waals surface area contributed by atoms with Crippen molar-refractivity contribution in [3.05, 3.63) is 96.1 Å². The van der Waals surface area contributed by atoms with E-state index in [2.05, 4.69) is 23.7 Å². The van der Waals surface area contributed by atoms with Crippen molar-refractivity contribution in [3.63, 3.8) is 0 Å². The number of hydrogen-bond donors (Lipinski definition) is 0. The smallest absolute Gasteiger partial charge is 0.333 e. The van der Waals surface area contributed by atoms with Gasteiger partial charge >= 0.3 is 5.97 Å². The fraction of sp³-hybridized carbons (Fsp3) is 0.143. The van der Waals surface area contributed by atoms with Crippen LogP contribution in [0.3, 0.4) is 0 Å². The highest BCUT2D eigenvalue weighted by Crippen LogP contribution is 2.19. The molecule has 0 unspecified atom stereocenters. The maximum absolute atomic E-state index is 11.8. The van der Waals surface area contributed by atoms with Gasteiger partial charge in [0.15, 0.2) is 0 Å². The van der Waals surface area contributed by atoms with Gasteiger partial charge in [-0.15, -0.1) is 0 Å². The molecule has 0 radical (unpaired) electrons. The summed E-state index contributed by atoms with van der Waals surface area (Å²) in [6.45, 7) is 5.42. The first-order chi connectivity index (χ1) is 12.1. The quantitative estimate of drug-likeness (QED) is 0.504. The number of para-hydroxylation sites is 1. The molecule has 4 nitrogen and oxygen atoms in total. The van der Waals surface area contributed by atoms with E-state index in [0.29, 0.717) is 12.0 Å². The first kappa shape index (κ1) is 16.7. The Balaban J connectivity index is 1.93. The van der Waals surface area contributed by atoms with Crippen LogP contribution >= 0.6 is 0 Å². The van der Waals surface area contributed by atoms with Crippen LogP contribution in [0.25, 0.3) is 5.69 Å². The molecule has 1 heterocycles. The zero-order valence-corrected chi connectivity index (χ0v) is 14.2. The molecule has 0 fully saturated rings. The number of imidazole rings is 1. The molecule has 3 rings (SSSR count). The van der Waals surface area contributed by atoms with Crippen LogP contribution in [0.2, 0.25) is 0 Å². The maximum atomic E-state index is 11.8. The number of hydrogen-bond acceptors (Lipinski definition) is 3. The number of aromatic nitrogens is 2. The molecule has 126 valence electrons. The summed E-state index contributed by atoms with van der Waals surface area (Å²) in [7, 11) is 0. The molecule has 0 bridgehead atoms. The minimum Gasteiger partial charge on any atom is -0.456 e. The minimum atomic E-state index is -0.397. The molecule has 3 aromatic rings. The van der Waals surface area contributed by atoms with Crippen LogP contribution in [0.1, 0.15) is 23.9 Å². The lowest BCUT2D eigenvalue weighted by Gasteiger charge is -2.11. The third-order valence-corrected chi connectivity index (χ3v) is 3.89. The van der Waals surface area contributed by atoms with Crippen molar-refractivity contribution in [2.24, 2.45) is 0 Å². The van der Waals surface area contributed by atoms with E-state index >= 15 is 0 Å². The van der Waals surface area contributed by atoms with E-state index in [1.165, 1.54) is 0 Å². The third-order valence-electron chi connectivity index (χ3n) is 3.89. The zero-order valence-electron chi connectivity index (χ0n) is 14.2. The molecule has 1 aromatic heterocycles. The molecular weight excluding hydrogens is 312 g/mol. The molecule has 25 heavy (non-hydrogen) atoms. The van der Waals surface area contributed by atoms with Crippen LogP contribution in [0.5, 0.6) is 0 Å². The normalized spacial score (nSPS) is 10.4. The van der Waals surface area contributed by atoms with Crippen LogP contribution in [0, 0.1) is 0 Å². The first-order valence-corrected chi connectivity index (χ1v) is 8.12. The monoisotopic (exact) mass is 332 g/mol. The Kier molecular flexibility index (Phi) is 5.09. The summed E-state index contributed by atoms with van der Waals surface area (Å²) in [6, 6.07) is 20.0. The SMILES string of the molecule is C=C(C)C(=O)OCc1c(Cc2ccccc2)ncn1-c1ccccc1. The van der Waals surface area contributed by atoms with Crippen molar-refractivity contribution >= 4 is 5.97 Å². The second-order valence-electron chi connectivity index (χ2n) is 5.86. The fourth-order valence-electron chi connectivity index (χ4n) is 2.57. The van der Waals surface area contributed by atoms with E-state index in [9.17, 15) is 4.79 Å². The maximum Gasteiger partial charge on any atom is 0.333 e. The number of benzene rings is 2. The van der Waals surface area contributed by atoms with Crippen LogP contribution in [-0.4, -0.2) is 15.5 Å². The number of ether oxygens (including phenoxy) is 1. The van der Waals surface area contributed by atoms with Gasteiger partial charge < -0.3 is 4.74 Å².